The van der Waals surface area contributed by atoms with Gasteiger partial charge in [-0.05, 0) is 130 Å². The number of benzene rings is 3. The van der Waals surface area contributed by atoms with Gasteiger partial charge in [-0.2, -0.15) is 0 Å². The molecule has 0 atom stereocenters. The van der Waals surface area contributed by atoms with Crippen LogP contribution < -0.4 is 31.8 Å². The Morgan fingerprint density at radius 1 is 0.326 bits per heavy atom. The van der Waals surface area contributed by atoms with Gasteiger partial charge in [0.25, 0.3) is 0 Å². The second-order valence-corrected chi connectivity index (χ2v) is 25.2. The van der Waals surface area contributed by atoms with E-state index in [1.54, 1.807) is 15.9 Å². The Morgan fingerprint density at radius 3 is 0.717 bits per heavy atom. The predicted octanol–water partition coefficient (Wildman–Crippen LogP) is 10.7. The van der Waals surface area contributed by atoms with Crippen LogP contribution in [0.25, 0.3) is 0 Å². The molecule has 0 unspecified atom stereocenters. The predicted molar refractivity (Wildman–Crippen MR) is 223 cm³/mol. The normalized spacial score (nSPS) is 12.7. The fourth-order valence-electron chi connectivity index (χ4n) is 6.43. The summed E-state index contributed by atoms with van der Waals surface area (Å²) >= 11 is 0. The van der Waals surface area contributed by atoms with Crippen LogP contribution in [0.4, 0.5) is 0 Å². The highest BCUT2D eigenvalue weighted by Crippen LogP contribution is 2.43. The van der Waals surface area contributed by atoms with Crippen molar-refractivity contribution >= 4 is 63.5 Å². The summed E-state index contributed by atoms with van der Waals surface area (Å²) in [4.78, 5) is 0. The molecular weight excluding hydrogens is 628 g/mol. The molecule has 0 N–H and O–H groups in total. The lowest BCUT2D eigenvalue weighted by molar-refractivity contribution is 0.721. The standard InChI is InChI=1S/C42H66P4/c1-31(2)25-43(26-32(3)4)37-16-13-19-40(22-37)46(41-20-14-17-38(23-41)44(27-33(5)6)28-34(7)8)42-21-15-18-39(24-42)45(29-35(9)10)30-36(11)12/h13-24,31-36H,25-30H2,1-12H3. The maximum atomic E-state index is 2.65. The fourth-order valence-corrected chi connectivity index (χ4v) is 18.0. The van der Waals surface area contributed by atoms with Crippen molar-refractivity contribution in [2.24, 2.45) is 35.5 Å². The first-order chi connectivity index (χ1) is 21.7. The molecule has 0 aliphatic heterocycles. The molecule has 3 aromatic rings. The third-order valence-electron chi connectivity index (χ3n) is 7.87. The number of hydrogen-bond acceptors (Lipinski definition) is 0. The van der Waals surface area contributed by atoms with Crippen LogP contribution in [0.1, 0.15) is 83.1 Å². The molecule has 3 aromatic carbocycles. The number of hydrogen-bond donors (Lipinski definition) is 0. The van der Waals surface area contributed by atoms with Gasteiger partial charge in [0.05, 0.1) is 0 Å². The van der Waals surface area contributed by atoms with Crippen molar-refractivity contribution in [3.63, 3.8) is 0 Å². The third-order valence-corrected chi connectivity index (χ3v) is 20.3. The molecule has 254 valence electrons. The molecule has 46 heavy (non-hydrogen) atoms. The molecule has 0 saturated heterocycles. The minimum Gasteiger partial charge on any atom is -0.0748 e. The summed E-state index contributed by atoms with van der Waals surface area (Å²) in [6.07, 6.45) is 7.94. The van der Waals surface area contributed by atoms with Gasteiger partial charge in [0.15, 0.2) is 0 Å². The van der Waals surface area contributed by atoms with Crippen LogP contribution in [0.5, 0.6) is 0 Å². The summed E-state index contributed by atoms with van der Waals surface area (Å²) in [5, 5.41) is 9.44. The lowest BCUT2D eigenvalue weighted by atomic mass is 10.3. The van der Waals surface area contributed by atoms with Crippen LogP contribution in [-0.2, 0) is 0 Å². The molecule has 0 radical (unpaired) electrons. The van der Waals surface area contributed by atoms with E-state index in [9.17, 15) is 0 Å². The zero-order chi connectivity index (χ0) is 34.0. The summed E-state index contributed by atoms with van der Waals surface area (Å²) in [5.74, 6) is 4.37. The van der Waals surface area contributed by atoms with E-state index in [-0.39, 0.29) is 23.8 Å². The average molecular weight is 695 g/mol. The van der Waals surface area contributed by atoms with Gasteiger partial charge in [0, 0.05) is 0 Å². The van der Waals surface area contributed by atoms with E-state index in [1.165, 1.54) is 52.9 Å². The second-order valence-electron chi connectivity index (χ2n) is 16.0. The molecule has 0 aliphatic rings. The first-order valence-corrected chi connectivity index (χ1v) is 24.6. The quantitative estimate of drug-likeness (QED) is 0.116. The molecular formula is C42H66P4. The van der Waals surface area contributed by atoms with Crippen molar-refractivity contribution in [1.82, 2.24) is 0 Å². The Kier molecular flexibility index (Phi) is 16.9. The van der Waals surface area contributed by atoms with Gasteiger partial charge < -0.3 is 0 Å². The highest BCUT2D eigenvalue weighted by molar-refractivity contribution is 7.80. The van der Waals surface area contributed by atoms with E-state index in [1.807, 2.05) is 0 Å². The second kappa shape index (κ2) is 19.5. The fraction of sp³-hybridized carbons (Fsp3) is 0.571. The Labute approximate surface area is 290 Å². The van der Waals surface area contributed by atoms with Gasteiger partial charge in [0.2, 0.25) is 0 Å². The molecule has 0 nitrogen and oxygen atoms in total. The smallest absolute Gasteiger partial charge is 0.0134 e. The molecule has 0 fully saturated rings. The van der Waals surface area contributed by atoms with E-state index >= 15 is 0 Å². The SMILES string of the molecule is CC(C)CP(CC(C)C)c1cccc(P(c2cccc(P(CC(C)C)CC(C)C)c2)c2cccc(P(CC(C)C)CC(C)C)c2)c1. The molecule has 3 rings (SSSR count). The van der Waals surface area contributed by atoms with Crippen molar-refractivity contribution in [2.75, 3.05) is 37.0 Å². The van der Waals surface area contributed by atoms with Gasteiger partial charge in [-0.3, -0.25) is 0 Å². The first-order valence-electron chi connectivity index (χ1n) is 18.1. The van der Waals surface area contributed by atoms with E-state index in [4.69, 9.17) is 0 Å². The summed E-state index contributed by atoms with van der Waals surface area (Å²) < 4.78 is 0. The Bertz CT molecular complexity index is 1120. The van der Waals surface area contributed by atoms with Crippen molar-refractivity contribution < 1.29 is 0 Å². The largest absolute Gasteiger partial charge is 0.0748 e. The topological polar surface area (TPSA) is 0 Å². The van der Waals surface area contributed by atoms with Crippen molar-refractivity contribution in [1.29, 1.82) is 0 Å². The zero-order valence-electron chi connectivity index (χ0n) is 31.4. The van der Waals surface area contributed by atoms with E-state index in [2.05, 4.69) is 156 Å². The van der Waals surface area contributed by atoms with Gasteiger partial charge in [-0.25, -0.2) is 0 Å². The lowest BCUT2D eigenvalue weighted by Gasteiger charge is -2.28. The van der Waals surface area contributed by atoms with Crippen molar-refractivity contribution in [2.45, 2.75) is 83.1 Å². The first kappa shape index (κ1) is 39.8. The van der Waals surface area contributed by atoms with Crippen molar-refractivity contribution in [3.05, 3.63) is 72.8 Å². The zero-order valence-corrected chi connectivity index (χ0v) is 35.0. The van der Waals surface area contributed by atoms with Crippen LogP contribution in [0.2, 0.25) is 0 Å². The van der Waals surface area contributed by atoms with Crippen LogP contribution in [0.3, 0.4) is 0 Å². The maximum Gasteiger partial charge on any atom is -0.0134 e. The average Bonchev–Trinajstić information content (AvgIpc) is 2.95. The minimum absolute atomic E-state index is 0.170. The molecule has 0 heterocycles. The minimum atomic E-state index is -0.660. The highest BCUT2D eigenvalue weighted by Gasteiger charge is 2.24. The maximum absolute atomic E-state index is 2.65. The monoisotopic (exact) mass is 694 g/mol. The number of rotatable bonds is 18. The van der Waals surface area contributed by atoms with E-state index in [0.29, 0.717) is 0 Å². The van der Waals surface area contributed by atoms with E-state index < -0.39 is 7.92 Å². The van der Waals surface area contributed by atoms with Gasteiger partial charge in [-0.1, -0.05) is 161 Å². The Morgan fingerprint density at radius 2 is 0.522 bits per heavy atom. The Balaban J connectivity index is 2.22. The van der Waals surface area contributed by atoms with Crippen LogP contribution in [0, 0.1) is 35.5 Å². The van der Waals surface area contributed by atoms with Gasteiger partial charge in [0.1, 0.15) is 0 Å². The third kappa shape index (κ3) is 13.0. The highest BCUT2D eigenvalue weighted by atomic mass is 31.1. The summed E-state index contributed by atoms with van der Waals surface area (Å²) in [5.41, 5.74) is 0. The van der Waals surface area contributed by atoms with Crippen LogP contribution in [0.15, 0.2) is 72.8 Å². The lowest BCUT2D eigenvalue weighted by Crippen LogP contribution is -2.27. The molecule has 0 spiro atoms. The molecule has 4 heteroatoms. The molecule has 0 aromatic heterocycles. The summed E-state index contributed by atoms with van der Waals surface area (Å²) in [7, 11) is -1.17. The molecule has 0 saturated carbocycles. The Hall–Kier alpha value is -0.620. The molecule has 0 aliphatic carbocycles. The summed E-state index contributed by atoms with van der Waals surface area (Å²) in [6, 6.07) is 29.9. The van der Waals surface area contributed by atoms with Crippen LogP contribution >= 0.6 is 31.7 Å². The molecule has 0 amide bonds. The van der Waals surface area contributed by atoms with Gasteiger partial charge >= 0.3 is 0 Å². The summed E-state index contributed by atoms with van der Waals surface area (Å²) in [6.45, 7) is 28.9. The van der Waals surface area contributed by atoms with Crippen molar-refractivity contribution in [3.8, 4) is 0 Å². The molecule has 0 bridgehead atoms. The van der Waals surface area contributed by atoms with Gasteiger partial charge in [-0.15, -0.1) is 0 Å². The van der Waals surface area contributed by atoms with E-state index in [0.717, 1.165) is 35.5 Å². The van der Waals surface area contributed by atoms with Crippen LogP contribution in [-0.4, -0.2) is 37.0 Å².